The van der Waals surface area contributed by atoms with Crippen molar-refractivity contribution in [2.75, 3.05) is 6.54 Å². The van der Waals surface area contributed by atoms with Crippen molar-refractivity contribution in [3.63, 3.8) is 0 Å². The van der Waals surface area contributed by atoms with Gasteiger partial charge in [0, 0.05) is 24.5 Å². The number of nitrogens with zero attached hydrogens (tertiary/aromatic N) is 6. The summed E-state index contributed by atoms with van der Waals surface area (Å²) in [4.78, 5) is 17.5. The molecule has 6 aromatic rings. The van der Waals surface area contributed by atoms with Crippen LogP contribution in [0.1, 0.15) is 22.2 Å². The molecule has 0 aliphatic carbocycles. The average molecular weight is 437 g/mol. The molecule has 0 saturated carbocycles. The minimum atomic E-state index is -0.240. The van der Waals surface area contributed by atoms with E-state index in [-0.39, 0.29) is 5.91 Å². The van der Waals surface area contributed by atoms with E-state index >= 15 is 0 Å². The summed E-state index contributed by atoms with van der Waals surface area (Å²) in [6, 6.07) is 21.0. The Labute approximate surface area is 187 Å². The van der Waals surface area contributed by atoms with Crippen LogP contribution in [0.25, 0.3) is 27.6 Å². The Morgan fingerprint density at radius 1 is 0.970 bits per heavy atom. The lowest BCUT2D eigenvalue weighted by Gasteiger charge is -2.03. The number of carbonyl (C=O) groups excluding carboxylic acids is 1. The summed E-state index contributed by atoms with van der Waals surface area (Å²) >= 11 is 0. The second-order valence-corrected chi connectivity index (χ2v) is 7.65. The lowest BCUT2D eigenvalue weighted by Crippen LogP contribution is -2.27. The number of aromatic nitrogens is 6. The van der Waals surface area contributed by atoms with E-state index in [1.807, 2.05) is 77.3 Å². The molecule has 4 aromatic heterocycles. The molecule has 0 saturated heterocycles. The molecule has 0 aliphatic rings. The first-order valence-corrected chi connectivity index (χ1v) is 10.6. The molecule has 6 rings (SSSR count). The SMILES string of the molecule is O=C(NCCc1nnc2ccccn12)c1nn(Cc2nc3ccccc3o2)c2ccccc12. The van der Waals surface area contributed by atoms with Crippen molar-refractivity contribution in [2.45, 2.75) is 13.0 Å². The van der Waals surface area contributed by atoms with Crippen LogP contribution in [-0.4, -0.2) is 41.8 Å². The molecule has 162 valence electrons. The Balaban J connectivity index is 1.23. The van der Waals surface area contributed by atoms with Crippen molar-refractivity contribution >= 4 is 33.6 Å². The number of carbonyl (C=O) groups is 1. The smallest absolute Gasteiger partial charge is 0.272 e. The van der Waals surface area contributed by atoms with Crippen LogP contribution in [0.3, 0.4) is 0 Å². The largest absolute Gasteiger partial charge is 0.439 e. The van der Waals surface area contributed by atoms with E-state index in [1.54, 1.807) is 4.68 Å². The van der Waals surface area contributed by atoms with E-state index in [2.05, 4.69) is 25.6 Å². The third-order valence-electron chi connectivity index (χ3n) is 5.51. The third-order valence-corrected chi connectivity index (χ3v) is 5.51. The van der Waals surface area contributed by atoms with Crippen LogP contribution in [0.2, 0.25) is 0 Å². The lowest BCUT2D eigenvalue weighted by atomic mass is 10.2. The fourth-order valence-corrected chi connectivity index (χ4v) is 3.96. The molecule has 0 spiro atoms. The molecule has 0 unspecified atom stereocenters. The highest BCUT2D eigenvalue weighted by atomic mass is 16.3. The van der Waals surface area contributed by atoms with Crippen molar-refractivity contribution < 1.29 is 9.21 Å². The summed E-state index contributed by atoms with van der Waals surface area (Å²) in [6.45, 7) is 0.745. The molecule has 1 N–H and O–H groups in total. The number of benzene rings is 2. The van der Waals surface area contributed by atoms with E-state index in [0.717, 1.165) is 33.5 Å². The number of pyridine rings is 1. The Morgan fingerprint density at radius 3 is 2.76 bits per heavy atom. The maximum Gasteiger partial charge on any atom is 0.272 e. The van der Waals surface area contributed by atoms with E-state index in [0.29, 0.717) is 31.1 Å². The standard InChI is InChI=1S/C24H19N7O2/c32-24(25-13-12-21-28-27-20-11-5-6-14-30(20)21)23-16-7-1-3-9-18(16)31(29-23)15-22-26-17-8-2-4-10-19(17)33-22/h1-11,14H,12-13,15H2,(H,25,32). The van der Waals surface area contributed by atoms with Gasteiger partial charge in [0.15, 0.2) is 16.9 Å². The Bertz CT molecular complexity index is 1580. The van der Waals surface area contributed by atoms with Crippen LogP contribution < -0.4 is 5.32 Å². The quantitative estimate of drug-likeness (QED) is 0.429. The van der Waals surface area contributed by atoms with Gasteiger partial charge < -0.3 is 9.73 Å². The van der Waals surface area contributed by atoms with Gasteiger partial charge in [0.05, 0.1) is 5.52 Å². The predicted molar refractivity (Wildman–Crippen MR) is 122 cm³/mol. The highest BCUT2D eigenvalue weighted by molar-refractivity contribution is 6.04. The van der Waals surface area contributed by atoms with Gasteiger partial charge >= 0.3 is 0 Å². The molecule has 2 aromatic carbocycles. The van der Waals surface area contributed by atoms with E-state index in [4.69, 9.17) is 4.42 Å². The van der Waals surface area contributed by atoms with E-state index < -0.39 is 0 Å². The van der Waals surface area contributed by atoms with Crippen LogP contribution in [-0.2, 0) is 13.0 Å². The highest BCUT2D eigenvalue weighted by Crippen LogP contribution is 2.21. The predicted octanol–water partition coefficient (Wildman–Crippen LogP) is 3.24. The topological polar surface area (TPSA) is 103 Å². The lowest BCUT2D eigenvalue weighted by molar-refractivity contribution is 0.0949. The molecule has 0 aliphatic heterocycles. The molecule has 9 heteroatoms. The fraction of sp³-hybridized carbons (Fsp3) is 0.125. The van der Waals surface area contributed by atoms with Gasteiger partial charge in [-0.15, -0.1) is 10.2 Å². The van der Waals surface area contributed by atoms with Crippen LogP contribution in [0.4, 0.5) is 0 Å². The number of hydrogen-bond acceptors (Lipinski definition) is 6. The van der Waals surface area contributed by atoms with Crippen molar-refractivity contribution in [1.82, 2.24) is 34.7 Å². The summed E-state index contributed by atoms with van der Waals surface area (Å²) < 4.78 is 9.51. The van der Waals surface area contributed by atoms with Crippen LogP contribution in [0.15, 0.2) is 77.3 Å². The maximum absolute atomic E-state index is 13.0. The van der Waals surface area contributed by atoms with Crippen molar-refractivity contribution in [3.05, 3.63) is 90.3 Å². The van der Waals surface area contributed by atoms with Crippen molar-refractivity contribution in [2.24, 2.45) is 0 Å². The van der Waals surface area contributed by atoms with E-state index in [1.165, 1.54) is 0 Å². The summed E-state index contributed by atoms with van der Waals surface area (Å²) in [5.74, 6) is 1.09. The molecule has 33 heavy (non-hydrogen) atoms. The first-order chi connectivity index (χ1) is 16.3. The van der Waals surface area contributed by atoms with Gasteiger partial charge in [0.1, 0.15) is 17.9 Å². The van der Waals surface area contributed by atoms with Crippen LogP contribution >= 0.6 is 0 Å². The van der Waals surface area contributed by atoms with Gasteiger partial charge in [-0.05, 0) is 30.3 Å². The molecular formula is C24H19N7O2. The number of rotatable bonds is 6. The minimum Gasteiger partial charge on any atom is -0.439 e. The number of para-hydroxylation sites is 3. The second kappa shape index (κ2) is 7.86. The zero-order valence-electron chi connectivity index (χ0n) is 17.5. The summed E-state index contributed by atoms with van der Waals surface area (Å²) in [5, 5.41) is 16.7. The molecule has 9 nitrogen and oxygen atoms in total. The number of oxazole rings is 1. The Kier molecular flexibility index (Phi) is 4.57. The van der Waals surface area contributed by atoms with Gasteiger partial charge in [-0.3, -0.25) is 13.9 Å². The Morgan fingerprint density at radius 2 is 1.82 bits per heavy atom. The van der Waals surface area contributed by atoms with E-state index in [9.17, 15) is 4.79 Å². The molecule has 0 radical (unpaired) electrons. The zero-order chi connectivity index (χ0) is 22.2. The summed E-state index contributed by atoms with van der Waals surface area (Å²) in [7, 11) is 0. The number of nitrogens with one attached hydrogen (secondary N) is 1. The molecule has 4 heterocycles. The number of amides is 1. The average Bonchev–Trinajstić information content (AvgIpc) is 3.55. The van der Waals surface area contributed by atoms with Crippen LogP contribution in [0.5, 0.6) is 0 Å². The van der Waals surface area contributed by atoms with Gasteiger partial charge in [-0.1, -0.05) is 36.4 Å². The van der Waals surface area contributed by atoms with Gasteiger partial charge in [-0.25, -0.2) is 4.98 Å². The fourth-order valence-electron chi connectivity index (χ4n) is 3.96. The molecule has 0 atom stereocenters. The maximum atomic E-state index is 13.0. The van der Waals surface area contributed by atoms with Gasteiger partial charge in [0.2, 0.25) is 5.89 Å². The number of fused-ring (bicyclic) bond motifs is 3. The molecule has 1 amide bonds. The monoisotopic (exact) mass is 437 g/mol. The summed E-state index contributed by atoms with van der Waals surface area (Å²) in [6.07, 6.45) is 2.46. The molecular weight excluding hydrogens is 418 g/mol. The van der Waals surface area contributed by atoms with Gasteiger partial charge in [-0.2, -0.15) is 5.10 Å². The van der Waals surface area contributed by atoms with Gasteiger partial charge in [0.25, 0.3) is 5.91 Å². The molecule has 0 bridgehead atoms. The highest BCUT2D eigenvalue weighted by Gasteiger charge is 2.18. The first kappa shape index (κ1) is 19.2. The van der Waals surface area contributed by atoms with Crippen molar-refractivity contribution in [3.8, 4) is 0 Å². The Hall–Kier alpha value is -4.53. The third kappa shape index (κ3) is 3.49. The minimum absolute atomic E-state index is 0.240. The van der Waals surface area contributed by atoms with Crippen molar-refractivity contribution in [1.29, 1.82) is 0 Å². The normalized spacial score (nSPS) is 11.5. The first-order valence-electron chi connectivity index (χ1n) is 10.6. The number of hydrogen-bond donors (Lipinski definition) is 1. The zero-order valence-corrected chi connectivity index (χ0v) is 17.5. The second-order valence-electron chi connectivity index (χ2n) is 7.65. The molecule has 0 fully saturated rings. The van der Waals surface area contributed by atoms with Crippen LogP contribution in [0, 0.1) is 0 Å². The summed E-state index contributed by atoms with van der Waals surface area (Å²) in [5.41, 5.74) is 3.51.